The highest BCUT2D eigenvalue weighted by Gasteiger charge is 2.09. The van der Waals surface area contributed by atoms with Crippen molar-refractivity contribution in [3.05, 3.63) is 65.2 Å². The standard InChI is InChI=1S/C20H22ClN5O/c1-14-23-19(25-16-4-5-18(27-3)17(21)12-16)13-20(24-14)26(2)11-8-15-6-9-22-10-7-15/h4-7,9-10,12-13H,8,11H2,1-3H3,(H,23,24,25). The van der Waals surface area contributed by atoms with E-state index in [1.54, 1.807) is 7.11 Å². The Hall–Kier alpha value is -2.86. The van der Waals surface area contributed by atoms with Gasteiger partial charge in [-0.15, -0.1) is 0 Å². The molecule has 0 radical (unpaired) electrons. The summed E-state index contributed by atoms with van der Waals surface area (Å²) in [5, 5.41) is 3.82. The Balaban J connectivity index is 1.72. The van der Waals surface area contributed by atoms with Crippen LogP contribution in [-0.4, -0.2) is 35.7 Å². The number of pyridine rings is 1. The lowest BCUT2D eigenvalue weighted by Crippen LogP contribution is -2.22. The maximum atomic E-state index is 6.20. The molecule has 140 valence electrons. The number of hydrogen-bond donors (Lipinski definition) is 1. The Labute approximate surface area is 164 Å². The minimum absolute atomic E-state index is 0.544. The van der Waals surface area contributed by atoms with Gasteiger partial charge in [-0.2, -0.15) is 0 Å². The van der Waals surface area contributed by atoms with Crippen molar-refractivity contribution in [1.29, 1.82) is 0 Å². The van der Waals surface area contributed by atoms with E-state index in [1.165, 1.54) is 5.56 Å². The molecule has 0 spiro atoms. The second-order valence-electron chi connectivity index (χ2n) is 6.16. The molecule has 0 aliphatic carbocycles. The molecule has 6 nitrogen and oxygen atoms in total. The molecule has 0 aliphatic heterocycles. The van der Waals surface area contributed by atoms with Gasteiger partial charge in [0.15, 0.2) is 0 Å². The van der Waals surface area contributed by atoms with Crippen molar-refractivity contribution in [2.75, 3.05) is 30.9 Å². The van der Waals surface area contributed by atoms with E-state index in [-0.39, 0.29) is 0 Å². The van der Waals surface area contributed by atoms with E-state index in [4.69, 9.17) is 16.3 Å². The van der Waals surface area contributed by atoms with E-state index in [0.717, 1.165) is 30.3 Å². The molecule has 0 amide bonds. The van der Waals surface area contributed by atoms with E-state index in [9.17, 15) is 0 Å². The van der Waals surface area contributed by atoms with Gasteiger partial charge in [0.1, 0.15) is 23.2 Å². The lowest BCUT2D eigenvalue weighted by atomic mass is 10.2. The van der Waals surface area contributed by atoms with Gasteiger partial charge in [-0.1, -0.05) is 11.6 Å². The van der Waals surface area contributed by atoms with E-state index < -0.39 is 0 Å². The van der Waals surface area contributed by atoms with Gasteiger partial charge in [-0.25, -0.2) is 9.97 Å². The summed E-state index contributed by atoms with van der Waals surface area (Å²) in [7, 11) is 3.62. The van der Waals surface area contributed by atoms with Gasteiger partial charge in [0.05, 0.1) is 12.1 Å². The van der Waals surface area contributed by atoms with Gasteiger partial charge >= 0.3 is 0 Å². The number of aromatic nitrogens is 3. The number of hydrogen-bond acceptors (Lipinski definition) is 6. The molecule has 1 N–H and O–H groups in total. The van der Waals surface area contributed by atoms with Crippen LogP contribution in [0.1, 0.15) is 11.4 Å². The number of anilines is 3. The first-order valence-electron chi connectivity index (χ1n) is 8.61. The molecule has 2 heterocycles. The van der Waals surface area contributed by atoms with Crippen LogP contribution in [0.2, 0.25) is 5.02 Å². The van der Waals surface area contributed by atoms with Crippen molar-refractivity contribution >= 4 is 28.9 Å². The Bertz CT molecular complexity index is 904. The van der Waals surface area contributed by atoms with Crippen molar-refractivity contribution in [3.63, 3.8) is 0 Å². The predicted octanol–water partition coefficient (Wildman–Crippen LogP) is 4.26. The summed E-state index contributed by atoms with van der Waals surface area (Å²) >= 11 is 6.20. The van der Waals surface area contributed by atoms with E-state index in [2.05, 4.69) is 25.2 Å². The van der Waals surface area contributed by atoms with Gasteiger partial charge in [-0.05, 0) is 49.2 Å². The summed E-state index contributed by atoms with van der Waals surface area (Å²) in [6.45, 7) is 2.72. The van der Waals surface area contributed by atoms with Crippen LogP contribution in [0.3, 0.4) is 0 Å². The average molecular weight is 384 g/mol. The zero-order chi connectivity index (χ0) is 19.2. The van der Waals surface area contributed by atoms with Crippen molar-refractivity contribution < 1.29 is 4.74 Å². The van der Waals surface area contributed by atoms with Gasteiger partial charge in [0.2, 0.25) is 0 Å². The zero-order valence-corrected chi connectivity index (χ0v) is 16.4. The van der Waals surface area contributed by atoms with E-state index in [0.29, 0.717) is 16.6 Å². The smallest absolute Gasteiger partial charge is 0.137 e. The third-order valence-electron chi connectivity index (χ3n) is 4.12. The molecule has 0 atom stereocenters. The minimum Gasteiger partial charge on any atom is -0.495 e. The highest BCUT2D eigenvalue weighted by molar-refractivity contribution is 6.32. The number of nitrogens with zero attached hydrogens (tertiary/aromatic N) is 4. The average Bonchev–Trinajstić information content (AvgIpc) is 2.66. The van der Waals surface area contributed by atoms with Gasteiger partial charge in [0, 0.05) is 37.7 Å². The Morgan fingerprint density at radius 2 is 1.89 bits per heavy atom. The Morgan fingerprint density at radius 3 is 2.59 bits per heavy atom. The lowest BCUT2D eigenvalue weighted by molar-refractivity contribution is 0.415. The van der Waals surface area contributed by atoms with Gasteiger partial charge < -0.3 is 15.0 Å². The molecular formula is C20H22ClN5O. The highest BCUT2D eigenvalue weighted by Crippen LogP contribution is 2.29. The normalized spacial score (nSPS) is 10.5. The number of likely N-dealkylation sites (N-methyl/N-ethyl adjacent to an activating group) is 1. The molecule has 27 heavy (non-hydrogen) atoms. The fourth-order valence-corrected chi connectivity index (χ4v) is 2.92. The fourth-order valence-electron chi connectivity index (χ4n) is 2.66. The fraction of sp³-hybridized carbons (Fsp3) is 0.250. The highest BCUT2D eigenvalue weighted by atomic mass is 35.5. The number of aryl methyl sites for hydroxylation is 1. The van der Waals surface area contributed by atoms with Crippen molar-refractivity contribution in [2.24, 2.45) is 0 Å². The SMILES string of the molecule is COc1ccc(Nc2cc(N(C)CCc3ccncc3)nc(C)n2)cc1Cl. The van der Waals surface area contributed by atoms with E-state index >= 15 is 0 Å². The van der Waals surface area contributed by atoms with E-state index in [1.807, 2.05) is 62.8 Å². The molecule has 1 aromatic carbocycles. The van der Waals surface area contributed by atoms with Crippen LogP contribution in [-0.2, 0) is 6.42 Å². The zero-order valence-electron chi connectivity index (χ0n) is 15.6. The first-order chi connectivity index (χ1) is 13.0. The molecule has 2 aromatic heterocycles. The molecule has 3 rings (SSSR count). The topological polar surface area (TPSA) is 63.2 Å². The largest absolute Gasteiger partial charge is 0.495 e. The van der Waals surface area contributed by atoms with Crippen molar-refractivity contribution in [3.8, 4) is 5.75 Å². The predicted molar refractivity (Wildman–Crippen MR) is 109 cm³/mol. The Morgan fingerprint density at radius 1 is 1.11 bits per heavy atom. The van der Waals surface area contributed by atoms with Crippen LogP contribution in [0.15, 0.2) is 48.8 Å². The monoisotopic (exact) mass is 383 g/mol. The van der Waals surface area contributed by atoms with Crippen LogP contribution < -0.4 is 15.0 Å². The number of halogens is 1. The molecule has 3 aromatic rings. The number of nitrogens with one attached hydrogen (secondary N) is 1. The Kier molecular flexibility index (Phi) is 6.08. The molecule has 0 saturated carbocycles. The lowest BCUT2D eigenvalue weighted by Gasteiger charge is -2.19. The first kappa shape index (κ1) is 18.9. The first-order valence-corrected chi connectivity index (χ1v) is 8.99. The van der Waals surface area contributed by atoms with Crippen LogP contribution in [0, 0.1) is 6.92 Å². The molecule has 0 bridgehead atoms. The third kappa shape index (κ3) is 5.08. The molecular weight excluding hydrogens is 362 g/mol. The second kappa shape index (κ2) is 8.68. The van der Waals surface area contributed by atoms with Crippen molar-refractivity contribution in [2.45, 2.75) is 13.3 Å². The summed E-state index contributed by atoms with van der Waals surface area (Å²) in [6.07, 6.45) is 4.54. The second-order valence-corrected chi connectivity index (χ2v) is 6.57. The summed E-state index contributed by atoms with van der Waals surface area (Å²) in [6, 6.07) is 11.5. The van der Waals surface area contributed by atoms with Crippen LogP contribution in [0.4, 0.5) is 17.3 Å². The summed E-state index contributed by atoms with van der Waals surface area (Å²) < 4.78 is 5.19. The molecule has 0 aliphatic rings. The van der Waals surface area contributed by atoms with Crippen LogP contribution in [0.5, 0.6) is 5.75 Å². The number of benzene rings is 1. The van der Waals surface area contributed by atoms with Crippen LogP contribution in [0.25, 0.3) is 0 Å². The quantitative estimate of drug-likeness (QED) is 0.657. The molecule has 0 saturated heterocycles. The van der Waals surface area contributed by atoms with Gasteiger partial charge in [0.25, 0.3) is 0 Å². The molecule has 0 unspecified atom stereocenters. The number of methoxy groups -OCH3 is 1. The van der Waals surface area contributed by atoms with Crippen LogP contribution >= 0.6 is 11.6 Å². The van der Waals surface area contributed by atoms with Crippen molar-refractivity contribution in [1.82, 2.24) is 15.0 Å². The molecule has 7 heteroatoms. The number of ether oxygens (including phenoxy) is 1. The third-order valence-corrected chi connectivity index (χ3v) is 4.42. The minimum atomic E-state index is 0.544. The number of rotatable bonds is 7. The molecule has 0 fully saturated rings. The summed E-state index contributed by atoms with van der Waals surface area (Å²) in [4.78, 5) is 15.2. The maximum absolute atomic E-state index is 6.20. The summed E-state index contributed by atoms with van der Waals surface area (Å²) in [5.41, 5.74) is 2.08. The van der Waals surface area contributed by atoms with Gasteiger partial charge in [-0.3, -0.25) is 4.98 Å². The summed E-state index contributed by atoms with van der Waals surface area (Å²) in [5.74, 6) is 2.91. The maximum Gasteiger partial charge on any atom is 0.137 e.